The van der Waals surface area contributed by atoms with E-state index >= 15 is 0 Å². The molecule has 3 aromatic heterocycles. The number of hydrogen-bond donors (Lipinski definition) is 2. The van der Waals surface area contributed by atoms with Crippen LogP contribution >= 0.6 is 11.6 Å². The van der Waals surface area contributed by atoms with Crippen LogP contribution in [0.25, 0.3) is 32.9 Å². The Hall–Kier alpha value is -3.36. The van der Waals surface area contributed by atoms with Crippen LogP contribution in [0.5, 0.6) is 17.2 Å². The van der Waals surface area contributed by atoms with Gasteiger partial charge in [0.2, 0.25) is 0 Å². The number of aromatic nitrogens is 3. The fraction of sp³-hybridized carbons (Fsp3) is 0.320. The zero-order valence-electron chi connectivity index (χ0n) is 19.3. The highest BCUT2D eigenvalue weighted by Gasteiger charge is 2.14. The van der Waals surface area contributed by atoms with Gasteiger partial charge in [-0.15, -0.1) is 11.6 Å². The average molecular weight is 482 g/mol. The van der Waals surface area contributed by atoms with Gasteiger partial charge < -0.3 is 25.7 Å². The lowest BCUT2D eigenvalue weighted by Crippen LogP contribution is -2.26. The fourth-order valence-electron chi connectivity index (χ4n) is 3.55. The third-order valence-electron chi connectivity index (χ3n) is 5.53. The number of fused-ring (bicyclic) bond motifs is 3. The summed E-state index contributed by atoms with van der Waals surface area (Å²) >= 11 is 5.77. The number of pyridine rings is 3. The molecule has 8 nitrogen and oxygen atoms in total. The molecule has 0 aliphatic rings. The molecule has 0 saturated heterocycles. The van der Waals surface area contributed by atoms with Crippen molar-refractivity contribution in [1.29, 1.82) is 0 Å². The molecule has 0 amide bonds. The first kappa shape index (κ1) is 23.8. The molecule has 9 heteroatoms. The monoisotopic (exact) mass is 481 g/mol. The van der Waals surface area contributed by atoms with Gasteiger partial charge in [0.1, 0.15) is 18.2 Å². The largest absolute Gasteiger partial charge is 0.493 e. The van der Waals surface area contributed by atoms with Gasteiger partial charge in [0.15, 0.2) is 11.5 Å². The number of benzene rings is 1. The number of nitrogens with two attached hydrogens (primary N) is 2. The highest BCUT2D eigenvalue weighted by atomic mass is 35.5. The minimum Gasteiger partial charge on any atom is -0.493 e. The molecule has 0 saturated carbocycles. The number of nitrogens with zero attached hydrogens (tertiary/aromatic N) is 3. The van der Waals surface area contributed by atoms with Gasteiger partial charge in [0.05, 0.1) is 31.1 Å². The van der Waals surface area contributed by atoms with Crippen LogP contribution in [0.3, 0.4) is 0 Å². The van der Waals surface area contributed by atoms with E-state index in [0.717, 1.165) is 40.1 Å². The summed E-state index contributed by atoms with van der Waals surface area (Å²) in [4.78, 5) is 13.5. The maximum absolute atomic E-state index is 6.33. The van der Waals surface area contributed by atoms with Crippen LogP contribution in [0.4, 0.5) is 5.82 Å². The molecule has 34 heavy (non-hydrogen) atoms. The van der Waals surface area contributed by atoms with Gasteiger partial charge in [-0.2, -0.15) is 0 Å². The number of hydrogen-bond acceptors (Lipinski definition) is 8. The van der Waals surface area contributed by atoms with Gasteiger partial charge in [-0.1, -0.05) is 6.92 Å². The Morgan fingerprint density at radius 3 is 2.62 bits per heavy atom. The van der Waals surface area contributed by atoms with Crippen molar-refractivity contribution < 1.29 is 14.2 Å². The van der Waals surface area contributed by atoms with Crippen molar-refractivity contribution in [2.45, 2.75) is 25.8 Å². The molecule has 4 aromatic rings. The second kappa shape index (κ2) is 10.7. The van der Waals surface area contributed by atoms with E-state index in [1.807, 2.05) is 31.2 Å². The number of methoxy groups -OCH3 is 1. The Balaban J connectivity index is 1.77. The van der Waals surface area contributed by atoms with Crippen LogP contribution < -0.4 is 25.7 Å². The number of alkyl halides is 1. The number of ether oxygens (including phenoxy) is 3. The zero-order valence-corrected chi connectivity index (χ0v) is 20.0. The smallest absolute Gasteiger partial charge is 0.163 e. The third-order valence-corrected chi connectivity index (χ3v) is 5.79. The maximum Gasteiger partial charge on any atom is 0.163 e. The predicted octanol–water partition coefficient (Wildman–Crippen LogP) is 4.56. The summed E-state index contributed by atoms with van der Waals surface area (Å²) in [7, 11) is 1.61. The summed E-state index contributed by atoms with van der Waals surface area (Å²) in [6, 6.07) is 7.60. The second-order valence-electron chi connectivity index (χ2n) is 7.91. The third kappa shape index (κ3) is 5.08. The van der Waals surface area contributed by atoms with E-state index in [1.165, 1.54) is 0 Å². The Morgan fingerprint density at radius 2 is 1.85 bits per heavy atom. The topological polar surface area (TPSA) is 118 Å². The second-order valence-corrected chi connectivity index (χ2v) is 8.29. The van der Waals surface area contributed by atoms with Crippen molar-refractivity contribution in [3.8, 4) is 28.5 Å². The van der Waals surface area contributed by atoms with E-state index in [9.17, 15) is 0 Å². The summed E-state index contributed by atoms with van der Waals surface area (Å²) in [6.07, 6.45) is 6.68. The molecule has 0 aliphatic heterocycles. The van der Waals surface area contributed by atoms with Crippen LogP contribution in [-0.2, 0) is 0 Å². The lowest BCUT2D eigenvalue weighted by atomic mass is 10.0. The van der Waals surface area contributed by atoms with E-state index < -0.39 is 0 Å². The van der Waals surface area contributed by atoms with Crippen molar-refractivity contribution in [3.63, 3.8) is 0 Å². The predicted molar refractivity (Wildman–Crippen MR) is 136 cm³/mol. The first-order valence-corrected chi connectivity index (χ1v) is 11.7. The van der Waals surface area contributed by atoms with Gasteiger partial charge in [0.25, 0.3) is 0 Å². The fourth-order valence-corrected chi connectivity index (χ4v) is 3.66. The molecule has 3 heterocycles. The van der Waals surface area contributed by atoms with E-state index in [-0.39, 0.29) is 6.04 Å². The van der Waals surface area contributed by atoms with Crippen LogP contribution in [0.15, 0.2) is 42.9 Å². The quantitative estimate of drug-likeness (QED) is 0.192. The Labute approximate surface area is 203 Å². The number of anilines is 1. The molecule has 178 valence electrons. The Morgan fingerprint density at radius 1 is 1.00 bits per heavy atom. The molecule has 1 atom stereocenters. The molecule has 0 bridgehead atoms. The molecule has 4 rings (SSSR count). The first-order chi connectivity index (χ1) is 16.5. The average Bonchev–Trinajstić information content (AvgIpc) is 2.86. The highest BCUT2D eigenvalue weighted by Crippen LogP contribution is 2.37. The number of nitrogen functional groups attached to an aromatic ring is 1. The minimum atomic E-state index is -0.0317. The van der Waals surface area contributed by atoms with Crippen LogP contribution in [0, 0.1) is 0 Å². The standard InChI is InChI=1S/C25H28ClN5O3/c1-3-16(27)14-34-17-7-15(11-29-12-17)21-8-18-19-9-23(32-2)24(33-6-4-5-26)10-22(19)30-13-20(18)25(28)31-21/h7-13,16H,3-6,14,27H2,1-2H3,(H2,28,31)/t16-/m1/s1. The normalized spacial score (nSPS) is 12.1. The molecular formula is C25H28ClN5O3. The van der Waals surface area contributed by atoms with E-state index in [4.69, 9.17) is 37.3 Å². The summed E-state index contributed by atoms with van der Waals surface area (Å²) in [5.41, 5.74) is 14.5. The van der Waals surface area contributed by atoms with Crippen LogP contribution in [0.1, 0.15) is 19.8 Å². The van der Waals surface area contributed by atoms with Gasteiger partial charge in [0, 0.05) is 46.7 Å². The van der Waals surface area contributed by atoms with E-state index in [1.54, 1.807) is 25.7 Å². The summed E-state index contributed by atoms with van der Waals surface area (Å²) in [6.45, 7) is 2.93. The molecule has 0 spiro atoms. The lowest BCUT2D eigenvalue weighted by Gasteiger charge is -2.14. The molecule has 0 aliphatic carbocycles. The number of rotatable bonds is 10. The summed E-state index contributed by atoms with van der Waals surface area (Å²) in [5.74, 6) is 2.76. The van der Waals surface area contributed by atoms with Crippen LogP contribution in [0.2, 0.25) is 0 Å². The van der Waals surface area contributed by atoms with Crippen molar-refractivity contribution in [2.75, 3.05) is 31.9 Å². The van der Waals surface area contributed by atoms with Gasteiger partial charge in [-0.3, -0.25) is 9.97 Å². The van der Waals surface area contributed by atoms with Gasteiger partial charge >= 0.3 is 0 Å². The Bertz CT molecular complexity index is 1300. The van der Waals surface area contributed by atoms with Crippen molar-refractivity contribution in [2.24, 2.45) is 5.73 Å². The van der Waals surface area contributed by atoms with Gasteiger partial charge in [-0.05, 0) is 36.4 Å². The SMILES string of the molecule is CC[C@@H](N)COc1cncc(-c2cc3c(cnc4cc(OCCCCl)c(OC)cc43)c(N)n2)c1. The molecule has 0 fully saturated rings. The van der Waals surface area contributed by atoms with Crippen molar-refractivity contribution in [1.82, 2.24) is 15.0 Å². The van der Waals surface area contributed by atoms with Crippen molar-refractivity contribution >= 4 is 39.1 Å². The van der Waals surface area contributed by atoms with Crippen molar-refractivity contribution in [3.05, 3.63) is 42.9 Å². The highest BCUT2D eigenvalue weighted by molar-refractivity contribution is 6.17. The minimum absolute atomic E-state index is 0.0317. The van der Waals surface area contributed by atoms with Gasteiger partial charge in [-0.25, -0.2) is 4.98 Å². The maximum atomic E-state index is 6.33. The molecule has 0 radical (unpaired) electrons. The molecular weight excluding hydrogens is 454 g/mol. The van der Waals surface area contributed by atoms with E-state index in [0.29, 0.717) is 47.9 Å². The number of halogens is 1. The lowest BCUT2D eigenvalue weighted by molar-refractivity contribution is 0.284. The molecule has 0 unspecified atom stereocenters. The summed E-state index contributed by atoms with van der Waals surface area (Å²) in [5, 5.41) is 2.53. The summed E-state index contributed by atoms with van der Waals surface area (Å²) < 4.78 is 17.2. The first-order valence-electron chi connectivity index (χ1n) is 11.1. The zero-order chi connectivity index (χ0) is 24.1. The van der Waals surface area contributed by atoms with E-state index in [2.05, 4.69) is 15.0 Å². The van der Waals surface area contributed by atoms with Crippen LogP contribution in [-0.4, -0.2) is 47.2 Å². The molecule has 1 aromatic carbocycles. The Kier molecular flexibility index (Phi) is 7.49. The molecule has 4 N–H and O–H groups in total.